The zero-order chi connectivity index (χ0) is 13.5. The number of benzene rings is 1. The molecule has 0 amide bonds. The smallest absolute Gasteiger partial charge is 0.184 e. The van der Waals surface area contributed by atoms with Crippen molar-refractivity contribution < 1.29 is 8.42 Å². The van der Waals surface area contributed by atoms with Gasteiger partial charge in [-0.15, -0.1) is 0 Å². The van der Waals surface area contributed by atoms with Gasteiger partial charge in [0, 0.05) is 10.5 Å². The molecule has 1 aromatic heterocycles. The molecule has 4 nitrogen and oxygen atoms in total. The van der Waals surface area contributed by atoms with Crippen LogP contribution in [-0.4, -0.2) is 30.9 Å². The lowest BCUT2D eigenvalue weighted by Crippen LogP contribution is -2.32. The van der Waals surface area contributed by atoms with Gasteiger partial charge in [-0.1, -0.05) is 27.3 Å². The third kappa shape index (κ3) is 3.09. The molecule has 1 aliphatic heterocycles. The lowest BCUT2D eigenvalue weighted by atomic mass is 10.2. The molecule has 2 heterocycles. The van der Waals surface area contributed by atoms with Gasteiger partial charge in [0.25, 0.3) is 0 Å². The van der Waals surface area contributed by atoms with Crippen LogP contribution in [0.4, 0.5) is 5.13 Å². The molecule has 1 fully saturated rings. The number of nitrogens with zero attached hydrogens (tertiary/aromatic N) is 1. The number of hydrogen-bond acceptors (Lipinski definition) is 5. The van der Waals surface area contributed by atoms with Crippen molar-refractivity contribution in [3.8, 4) is 0 Å². The number of nitrogens with one attached hydrogen (secondary N) is 1. The number of anilines is 1. The van der Waals surface area contributed by atoms with E-state index in [1.54, 1.807) is 11.3 Å². The molecule has 1 aromatic carbocycles. The van der Waals surface area contributed by atoms with Crippen molar-refractivity contribution in [3.63, 3.8) is 0 Å². The van der Waals surface area contributed by atoms with E-state index in [0.717, 1.165) is 19.8 Å². The van der Waals surface area contributed by atoms with Crippen LogP contribution < -0.4 is 5.32 Å². The fraction of sp³-hybridized carbons (Fsp3) is 0.417. The van der Waals surface area contributed by atoms with E-state index in [1.807, 2.05) is 18.2 Å². The number of fused-ring (bicyclic) bond motifs is 1. The van der Waals surface area contributed by atoms with Crippen LogP contribution in [0.3, 0.4) is 0 Å². The zero-order valence-electron chi connectivity index (χ0n) is 10.1. The average molecular weight is 361 g/mol. The molecule has 0 aliphatic carbocycles. The summed E-state index contributed by atoms with van der Waals surface area (Å²) in [6, 6.07) is 6.21. The molecule has 2 aromatic rings. The van der Waals surface area contributed by atoms with E-state index in [0.29, 0.717) is 12.8 Å². The largest absolute Gasteiger partial charge is 0.359 e. The Kier molecular flexibility index (Phi) is 3.53. The highest BCUT2D eigenvalue weighted by atomic mass is 79.9. The molecule has 3 rings (SSSR count). The maximum Gasteiger partial charge on any atom is 0.184 e. The van der Waals surface area contributed by atoms with Crippen molar-refractivity contribution >= 4 is 52.5 Å². The summed E-state index contributed by atoms with van der Waals surface area (Å²) in [6.07, 6.45) is 1.34. The molecule has 0 saturated carbocycles. The first-order valence-electron chi connectivity index (χ1n) is 6.05. The van der Waals surface area contributed by atoms with E-state index in [4.69, 9.17) is 0 Å². The van der Waals surface area contributed by atoms with E-state index in [-0.39, 0.29) is 17.5 Å². The zero-order valence-corrected chi connectivity index (χ0v) is 13.3. The van der Waals surface area contributed by atoms with Crippen molar-refractivity contribution in [2.24, 2.45) is 0 Å². The number of halogens is 1. The van der Waals surface area contributed by atoms with Gasteiger partial charge >= 0.3 is 0 Å². The Hall–Kier alpha value is -0.660. The standard InChI is InChI=1S/C12H13BrN2O2S2/c13-8-1-2-10-11(7-8)18-12(15-10)14-9-3-5-19(16,17)6-4-9/h1-2,7,9H,3-6H2,(H,14,15). The van der Waals surface area contributed by atoms with Gasteiger partial charge in [-0.25, -0.2) is 13.4 Å². The molecule has 0 radical (unpaired) electrons. The molecule has 0 atom stereocenters. The van der Waals surface area contributed by atoms with Crippen LogP contribution in [-0.2, 0) is 9.84 Å². The van der Waals surface area contributed by atoms with Gasteiger partial charge < -0.3 is 5.32 Å². The second-order valence-electron chi connectivity index (χ2n) is 4.70. The Balaban J connectivity index is 1.75. The third-order valence-corrected chi connectivity index (χ3v) is 6.39. The molecule has 1 aliphatic rings. The summed E-state index contributed by atoms with van der Waals surface area (Å²) in [5.41, 5.74) is 0.971. The van der Waals surface area contributed by atoms with Crippen LogP contribution in [0.1, 0.15) is 12.8 Å². The number of sulfone groups is 1. The van der Waals surface area contributed by atoms with Crippen LogP contribution in [0.15, 0.2) is 22.7 Å². The van der Waals surface area contributed by atoms with E-state index in [1.165, 1.54) is 0 Å². The van der Waals surface area contributed by atoms with Crippen molar-refractivity contribution in [1.29, 1.82) is 0 Å². The van der Waals surface area contributed by atoms with Crippen molar-refractivity contribution in [2.75, 3.05) is 16.8 Å². The van der Waals surface area contributed by atoms with Gasteiger partial charge in [-0.2, -0.15) is 0 Å². The summed E-state index contributed by atoms with van der Waals surface area (Å²) in [4.78, 5) is 4.52. The second kappa shape index (κ2) is 5.03. The first-order chi connectivity index (χ1) is 9.02. The highest BCUT2D eigenvalue weighted by molar-refractivity contribution is 9.10. The van der Waals surface area contributed by atoms with E-state index in [2.05, 4.69) is 26.2 Å². The van der Waals surface area contributed by atoms with Crippen LogP contribution >= 0.6 is 27.3 Å². The van der Waals surface area contributed by atoms with Crippen LogP contribution in [0.25, 0.3) is 10.2 Å². The second-order valence-corrected chi connectivity index (χ2v) is 8.95. The normalized spacial score (nSPS) is 19.6. The molecule has 0 spiro atoms. The predicted octanol–water partition coefficient (Wildman–Crippen LogP) is 3.05. The first-order valence-corrected chi connectivity index (χ1v) is 9.48. The van der Waals surface area contributed by atoms with E-state index in [9.17, 15) is 8.42 Å². The number of aromatic nitrogens is 1. The van der Waals surface area contributed by atoms with Crippen molar-refractivity contribution in [2.45, 2.75) is 18.9 Å². The Morgan fingerprint density at radius 1 is 1.32 bits per heavy atom. The van der Waals surface area contributed by atoms with Crippen LogP contribution in [0.5, 0.6) is 0 Å². The summed E-state index contributed by atoms with van der Waals surface area (Å²) in [7, 11) is -2.80. The molecule has 7 heteroatoms. The maximum atomic E-state index is 11.4. The molecule has 0 bridgehead atoms. The monoisotopic (exact) mass is 360 g/mol. The molecule has 102 valence electrons. The Morgan fingerprint density at radius 2 is 2.05 bits per heavy atom. The lowest BCUT2D eigenvalue weighted by Gasteiger charge is -2.22. The SMILES string of the molecule is O=S1(=O)CCC(Nc2nc3ccc(Br)cc3s2)CC1. The molecular formula is C12H13BrN2O2S2. The van der Waals surface area contributed by atoms with Gasteiger partial charge in [0.15, 0.2) is 5.13 Å². The fourth-order valence-corrected chi connectivity index (χ4v) is 5.16. The predicted molar refractivity (Wildman–Crippen MR) is 82.6 cm³/mol. The lowest BCUT2D eigenvalue weighted by molar-refractivity contribution is 0.559. The average Bonchev–Trinajstić information content (AvgIpc) is 2.73. The first kappa shape index (κ1) is 13.3. The third-order valence-electron chi connectivity index (χ3n) is 3.23. The minimum atomic E-state index is -2.80. The quantitative estimate of drug-likeness (QED) is 0.893. The van der Waals surface area contributed by atoms with Crippen LogP contribution in [0, 0.1) is 0 Å². The Labute approximate surface area is 124 Å². The molecule has 19 heavy (non-hydrogen) atoms. The summed E-state index contributed by atoms with van der Waals surface area (Å²) in [5.74, 6) is 0.558. The van der Waals surface area contributed by atoms with Crippen molar-refractivity contribution in [3.05, 3.63) is 22.7 Å². The Morgan fingerprint density at radius 3 is 2.79 bits per heavy atom. The van der Waals surface area contributed by atoms with Gasteiger partial charge in [-0.05, 0) is 31.0 Å². The van der Waals surface area contributed by atoms with Gasteiger partial charge in [0.1, 0.15) is 9.84 Å². The van der Waals surface area contributed by atoms with Gasteiger partial charge in [0.2, 0.25) is 0 Å². The molecule has 1 N–H and O–H groups in total. The van der Waals surface area contributed by atoms with E-state index < -0.39 is 9.84 Å². The van der Waals surface area contributed by atoms with Gasteiger partial charge in [-0.3, -0.25) is 0 Å². The number of hydrogen-bond donors (Lipinski definition) is 1. The minimum Gasteiger partial charge on any atom is -0.359 e. The van der Waals surface area contributed by atoms with Crippen LogP contribution in [0.2, 0.25) is 0 Å². The highest BCUT2D eigenvalue weighted by Crippen LogP contribution is 2.29. The highest BCUT2D eigenvalue weighted by Gasteiger charge is 2.24. The summed E-state index contributed by atoms with van der Waals surface area (Å²) in [5, 5.41) is 4.23. The maximum absolute atomic E-state index is 11.4. The topological polar surface area (TPSA) is 59.1 Å². The number of rotatable bonds is 2. The number of thiazole rings is 1. The molecule has 1 saturated heterocycles. The summed E-state index contributed by atoms with van der Waals surface area (Å²) >= 11 is 5.05. The molecule has 0 unspecified atom stereocenters. The minimum absolute atomic E-state index is 0.215. The molecular weight excluding hydrogens is 348 g/mol. The van der Waals surface area contributed by atoms with Crippen molar-refractivity contribution in [1.82, 2.24) is 4.98 Å². The fourth-order valence-electron chi connectivity index (χ4n) is 2.17. The van der Waals surface area contributed by atoms with Gasteiger partial charge in [0.05, 0.1) is 21.7 Å². The summed E-state index contributed by atoms with van der Waals surface area (Å²) in [6.45, 7) is 0. The van der Waals surface area contributed by atoms with E-state index >= 15 is 0 Å². The summed E-state index contributed by atoms with van der Waals surface area (Å²) < 4.78 is 24.9. The Bertz CT molecular complexity index is 698.